The Labute approximate surface area is 108 Å². The monoisotopic (exact) mass is 251 g/mol. The van der Waals surface area contributed by atoms with Crippen LogP contribution in [0.2, 0.25) is 0 Å². The lowest BCUT2D eigenvalue weighted by Gasteiger charge is -2.11. The minimum absolute atomic E-state index is 0. The summed E-state index contributed by atoms with van der Waals surface area (Å²) in [5.41, 5.74) is 7.24. The molecular weight excluding hydrogens is 234 g/mol. The lowest BCUT2D eigenvalue weighted by atomic mass is 9.99. The first-order valence-corrected chi connectivity index (χ1v) is 5.69. The molecule has 0 aliphatic rings. The second-order valence-electron chi connectivity index (χ2n) is 4.19. The summed E-state index contributed by atoms with van der Waals surface area (Å²) in [6, 6.07) is 11.7. The summed E-state index contributed by atoms with van der Waals surface area (Å²) in [5.74, 6) is 0.304. The third-order valence-corrected chi connectivity index (χ3v) is 2.88. The fourth-order valence-corrected chi connectivity index (χ4v) is 1.96. The number of aromatic hydroxyl groups is 1. The number of phenols is 1. The minimum Gasteiger partial charge on any atom is -0.508 e. The molecule has 3 N–H and O–H groups in total. The molecule has 2 aromatic carbocycles. The molecule has 0 heterocycles. The molecule has 3 heteroatoms. The molecule has 1 atom stereocenters. The molecule has 17 heavy (non-hydrogen) atoms. The van der Waals surface area contributed by atoms with E-state index in [1.807, 2.05) is 18.2 Å². The molecule has 0 amide bonds. The van der Waals surface area contributed by atoms with Crippen molar-refractivity contribution in [1.29, 1.82) is 0 Å². The Morgan fingerprint density at radius 3 is 2.47 bits per heavy atom. The van der Waals surface area contributed by atoms with Gasteiger partial charge >= 0.3 is 0 Å². The van der Waals surface area contributed by atoms with Gasteiger partial charge in [0.2, 0.25) is 0 Å². The van der Waals surface area contributed by atoms with Gasteiger partial charge in [0.25, 0.3) is 0 Å². The van der Waals surface area contributed by atoms with Crippen LogP contribution in [0.4, 0.5) is 0 Å². The fourth-order valence-electron chi connectivity index (χ4n) is 1.96. The summed E-state index contributed by atoms with van der Waals surface area (Å²) in [6.45, 7) is 2.14. The summed E-state index contributed by atoms with van der Waals surface area (Å²) >= 11 is 0. The molecular formula is C14H18ClNO. The number of hydrogen-bond donors (Lipinski definition) is 2. The summed E-state index contributed by atoms with van der Waals surface area (Å²) in [4.78, 5) is 0. The zero-order valence-corrected chi connectivity index (χ0v) is 10.7. The van der Waals surface area contributed by atoms with Gasteiger partial charge < -0.3 is 10.8 Å². The Bertz CT molecular complexity index is 499. The SMILES string of the molecule is CCC[C@@H](N)c1ccc2cc(O)ccc2c1.Cl. The predicted molar refractivity (Wildman–Crippen MR) is 74.7 cm³/mol. The van der Waals surface area contributed by atoms with Crippen molar-refractivity contribution < 1.29 is 5.11 Å². The van der Waals surface area contributed by atoms with Gasteiger partial charge in [-0.1, -0.05) is 31.5 Å². The zero-order chi connectivity index (χ0) is 11.5. The maximum Gasteiger partial charge on any atom is 0.116 e. The standard InChI is InChI=1S/C14H17NO.ClH/c1-2-3-14(15)12-5-4-11-9-13(16)7-6-10(11)8-12;/h4-9,14,16H,2-3,15H2,1H3;1H/t14-;/m1./s1. The second kappa shape index (κ2) is 5.89. The first-order valence-electron chi connectivity index (χ1n) is 5.69. The van der Waals surface area contributed by atoms with E-state index in [0.717, 1.165) is 23.6 Å². The van der Waals surface area contributed by atoms with Crippen LogP contribution in [-0.4, -0.2) is 5.11 Å². The highest BCUT2D eigenvalue weighted by atomic mass is 35.5. The van der Waals surface area contributed by atoms with Crippen LogP contribution in [0.1, 0.15) is 31.4 Å². The number of halogens is 1. The molecule has 92 valence electrons. The van der Waals surface area contributed by atoms with Crippen LogP contribution < -0.4 is 5.73 Å². The average molecular weight is 252 g/mol. The van der Waals surface area contributed by atoms with Crippen molar-refractivity contribution in [2.75, 3.05) is 0 Å². The molecule has 0 fully saturated rings. The van der Waals surface area contributed by atoms with Gasteiger partial charge in [-0.2, -0.15) is 0 Å². The lowest BCUT2D eigenvalue weighted by Crippen LogP contribution is -2.09. The van der Waals surface area contributed by atoms with E-state index >= 15 is 0 Å². The van der Waals surface area contributed by atoms with E-state index in [9.17, 15) is 5.11 Å². The zero-order valence-electron chi connectivity index (χ0n) is 9.89. The number of hydrogen-bond acceptors (Lipinski definition) is 2. The summed E-state index contributed by atoms with van der Waals surface area (Å²) in [5, 5.41) is 11.5. The highest BCUT2D eigenvalue weighted by Crippen LogP contribution is 2.24. The van der Waals surface area contributed by atoms with Gasteiger partial charge in [0.05, 0.1) is 0 Å². The lowest BCUT2D eigenvalue weighted by molar-refractivity contribution is 0.476. The molecule has 0 unspecified atom stereocenters. The van der Waals surface area contributed by atoms with Crippen molar-refractivity contribution in [2.24, 2.45) is 5.73 Å². The van der Waals surface area contributed by atoms with Crippen molar-refractivity contribution >= 4 is 23.2 Å². The van der Waals surface area contributed by atoms with Crippen molar-refractivity contribution in [3.05, 3.63) is 42.0 Å². The van der Waals surface area contributed by atoms with E-state index in [2.05, 4.69) is 13.0 Å². The van der Waals surface area contributed by atoms with Gasteiger partial charge in [-0.3, -0.25) is 0 Å². The van der Waals surface area contributed by atoms with E-state index in [0.29, 0.717) is 5.75 Å². The van der Waals surface area contributed by atoms with Crippen LogP contribution in [-0.2, 0) is 0 Å². The predicted octanol–water partition coefficient (Wildman–Crippen LogP) is 3.77. The third kappa shape index (κ3) is 3.11. The van der Waals surface area contributed by atoms with Crippen LogP contribution in [0, 0.1) is 0 Å². The van der Waals surface area contributed by atoms with Gasteiger partial charge in [0.1, 0.15) is 5.75 Å². The molecule has 0 aliphatic heterocycles. The Morgan fingerprint density at radius 1 is 1.12 bits per heavy atom. The molecule has 2 aromatic rings. The van der Waals surface area contributed by atoms with Crippen LogP contribution in [0.25, 0.3) is 10.8 Å². The second-order valence-corrected chi connectivity index (χ2v) is 4.19. The molecule has 0 saturated carbocycles. The Hall–Kier alpha value is -1.25. The molecule has 0 radical (unpaired) electrons. The number of phenolic OH excluding ortho intramolecular Hbond substituents is 1. The van der Waals surface area contributed by atoms with Gasteiger partial charge in [-0.05, 0) is 41.0 Å². The van der Waals surface area contributed by atoms with Crippen LogP contribution in [0.5, 0.6) is 5.75 Å². The molecule has 0 aromatic heterocycles. The van der Waals surface area contributed by atoms with Crippen LogP contribution in [0.3, 0.4) is 0 Å². The maximum absolute atomic E-state index is 9.37. The topological polar surface area (TPSA) is 46.2 Å². The molecule has 0 spiro atoms. The van der Waals surface area contributed by atoms with Gasteiger partial charge in [0.15, 0.2) is 0 Å². The largest absolute Gasteiger partial charge is 0.508 e. The Balaban J connectivity index is 0.00000144. The molecule has 2 nitrogen and oxygen atoms in total. The van der Waals surface area contributed by atoms with E-state index in [4.69, 9.17) is 5.73 Å². The third-order valence-electron chi connectivity index (χ3n) is 2.88. The number of nitrogens with two attached hydrogens (primary N) is 1. The smallest absolute Gasteiger partial charge is 0.116 e. The summed E-state index contributed by atoms with van der Waals surface area (Å²) in [6.07, 6.45) is 2.10. The van der Waals surface area contributed by atoms with Gasteiger partial charge in [-0.25, -0.2) is 0 Å². The van der Waals surface area contributed by atoms with Crippen LogP contribution >= 0.6 is 12.4 Å². The van der Waals surface area contributed by atoms with Crippen molar-refractivity contribution in [3.63, 3.8) is 0 Å². The fraction of sp³-hybridized carbons (Fsp3) is 0.286. The highest BCUT2D eigenvalue weighted by Gasteiger charge is 2.05. The number of benzene rings is 2. The first-order chi connectivity index (χ1) is 7.70. The highest BCUT2D eigenvalue weighted by molar-refractivity contribution is 5.85. The van der Waals surface area contributed by atoms with Gasteiger partial charge in [-0.15, -0.1) is 12.4 Å². The average Bonchev–Trinajstić information content (AvgIpc) is 2.28. The van der Waals surface area contributed by atoms with Crippen LogP contribution in [0.15, 0.2) is 36.4 Å². The van der Waals surface area contributed by atoms with Crippen molar-refractivity contribution in [2.45, 2.75) is 25.8 Å². The van der Waals surface area contributed by atoms with E-state index in [1.54, 1.807) is 12.1 Å². The summed E-state index contributed by atoms with van der Waals surface area (Å²) < 4.78 is 0. The van der Waals surface area contributed by atoms with E-state index < -0.39 is 0 Å². The maximum atomic E-state index is 9.37. The molecule has 0 bridgehead atoms. The van der Waals surface area contributed by atoms with Crippen molar-refractivity contribution in [1.82, 2.24) is 0 Å². The number of fused-ring (bicyclic) bond motifs is 1. The normalized spacial score (nSPS) is 12.1. The van der Waals surface area contributed by atoms with Crippen molar-refractivity contribution in [3.8, 4) is 5.75 Å². The summed E-state index contributed by atoms with van der Waals surface area (Å²) in [7, 11) is 0. The quantitative estimate of drug-likeness (QED) is 0.872. The first kappa shape index (κ1) is 13.8. The Kier molecular flexibility index (Phi) is 4.79. The molecule has 2 rings (SSSR count). The van der Waals surface area contributed by atoms with E-state index in [-0.39, 0.29) is 18.4 Å². The Morgan fingerprint density at radius 2 is 1.76 bits per heavy atom. The molecule has 0 aliphatic carbocycles. The number of rotatable bonds is 3. The van der Waals surface area contributed by atoms with E-state index in [1.165, 1.54) is 5.56 Å². The minimum atomic E-state index is 0. The molecule has 0 saturated heterocycles. The van der Waals surface area contributed by atoms with Gasteiger partial charge in [0, 0.05) is 6.04 Å².